The Balaban J connectivity index is 1.51. The molecule has 0 atom stereocenters. The van der Waals surface area contributed by atoms with E-state index in [0.717, 1.165) is 5.69 Å². The molecule has 2 heterocycles. The second kappa shape index (κ2) is 7.50. The average molecular weight is 435 g/mol. The van der Waals surface area contributed by atoms with Crippen LogP contribution in [-0.4, -0.2) is 9.13 Å². The molecule has 0 spiro atoms. The van der Waals surface area contributed by atoms with E-state index in [-0.39, 0.29) is 0 Å². The second-order valence-electron chi connectivity index (χ2n) is 8.68. The second-order valence-corrected chi connectivity index (χ2v) is 8.68. The van der Waals surface area contributed by atoms with E-state index in [1.807, 2.05) is 0 Å². The van der Waals surface area contributed by atoms with Crippen molar-refractivity contribution in [2.24, 2.45) is 0 Å². The van der Waals surface area contributed by atoms with Gasteiger partial charge in [0.1, 0.15) is 0 Å². The summed E-state index contributed by atoms with van der Waals surface area (Å²) in [5, 5.41) is 3.81. The number of aromatic nitrogens is 2. The fraction of sp³-hybridized carbons (Fsp3) is 0. The highest BCUT2D eigenvalue weighted by Crippen LogP contribution is 2.37. The van der Waals surface area contributed by atoms with Gasteiger partial charge in [0.25, 0.3) is 0 Å². The van der Waals surface area contributed by atoms with Crippen LogP contribution in [0, 0.1) is 0 Å². The Morgan fingerprint density at radius 3 is 1.97 bits per heavy atom. The molecule has 5 aromatic carbocycles. The van der Waals surface area contributed by atoms with Gasteiger partial charge in [-0.05, 0) is 53.6 Å². The first kappa shape index (κ1) is 19.0. The summed E-state index contributed by atoms with van der Waals surface area (Å²) in [7, 11) is 0. The van der Waals surface area contributed by atoms with Crippen LogP contribution in [0.1, 0.15) is 0 Å². The van der Waals surface area contributed by atoms with Crippen LogP contribution < -0.4 is 0 Å². The predicted molar refractivity (Wildman–Crippen MR) is 143 cm³/mol. The lowest BCUT2D eigenvalue weighted by molar-refractivity contribution is 1.13. The molecule has 7 aromatic rings. The fourth-order valence-electron chi connectivity index (χ4n) is 5.21. The molecule has 160 valence electrons. The molecule has 34 heavy (non-hydrogen) atoms. The van der Waals surface area contributed by atoms with Gasteiger partial charge in [-0.2, -0.15) is 0 Å². The van der Waals surface area contributed by atoms with Crippen molar-refractivity contribution in [2.75, 3.05) is 0 Å². The van der Waals surface area contributed by atoms with Crippen molar-refractivity contribution in [3.05, 3.63) is 134 Å². The maximum absolute atomic E-state index is 2.40. The van der Waals surface area contributed by atoms with Crippen LogP contribution >= 0.6 is 0 Å². The molecule has 0 aliphatic rings. The molecule has 2 nitrogen and oxygen atoms in total. The van der Waals surface area contributed by atoms with E-state index in [9.17, 15) is 0 Å². The number of benzene rings is 5. The number of hydrogen-bond donors (Lipinski definition) is 0. The highest BCUT2D eigenvalue weighted by atomic mass is 15.0. The molecular weight excluding hydrogens is 412 g/mol. The van der Waals surface area contributed by atoms with E-state index in [0.29, 0.717) is 0 Å². The first-order valence-electron chi connectivity index (χ1n) is 11.6. The van der Waals surface area contributed by atoms with Crippen LogP contribution in [0.2, 0.25) is 0 Å². The van der Waals surface area contributed by atoms with Crippen LogP contribution in [0.25, 0.3) is 55.2 Å². The largest absolute Gasteiger partial charge is 0.316 e. The molecule has 0 N–H and O–H groups in total. The third-order valence-electron chi connectivity index (χ3n) is 6.75. The lowest BCUT2D eigenvalue weighted by Gasteiger charge is -2.10. The van der Waals surface area contributed by atoms with Gasteiger partial charge >= 0.3 is 0 Å². The highest BCUT2D eigenvalue weighted by Gasteiger charge is 2.16. The maximum Gasteiger partial charge on any atom is 0.0635 e. The molecule has 0 aliphatic carbocycles. The fourth-order valence-corrected chi connectivity index (χ4v) is 5.21. The van der Waals surface area contributed by atoms with Crippen molar-refractivity contribution in [1.82, 2.24) is 9.13 Å². The zero-order valence-electron chi connectivity index (χ0n) is 18.6. The standard InChI is InChI=1S/C32H22N2/c1-3-10-23(11-4-1)24-12-9-15-26(22-24)33-21-20-29-30(33)19-18-28-27-16-7-8-17-31(27)34(32(28)29)25-13-5-2-6-14-25/h1-22H. The Bertz CT molecular complexity index is 1790. The van der Waals surface area contributed by atoms with Crippen LogP contribution in [0.3, 0.4) is 0 Å². The van der Waals surface area contributed by atoms with Crippen molar-refractivity contribution in [2.45, 2.75) is 0 Å². The van der Waals surface area contributed by atoms with Gasteiger partial charge in [0.15, 0.2) is 0 Å². The smallest absolute Gasteiger partial charge is 0.0635 e. The SMILES string of the molecule is c1ccc(-c2cccc(-n3ccc4c3ccc3c5ccccc5n(-c5ccccc5)c34)c2)cc1. The van der Waals surface area contributed by atoms with Gasteiger partial charge in [0.2, 0.25) is 0 Å². The van der Waals surface area contributed by atoms with Crippen molar-refractivity contribution >= 4 is 32.7 Å². The molecule has 0 bridgehead atoms. The van der Waals surface area contributed by atoms with Gasteiger partial charge in [-0.3, -0.25) is 0 Å². The van der Waals surface area contributed by atoms with E-state index in [1.54, 1.807) is 0 Å². The summed E-state index contributed by atoms with van der Waals surface area (Å²) in [6, 6.07) is 45.5. The van der Waals surface area contributed by atoms with Gasteiger partial charge in [-0.1, -0.05) is 84.9 Å². The van der Waals surface area contributed by atoms with Crippen LogP contribution in [0.4, 0.5) is 0 Å². The first-order valence-corrected chi connectivity index (χ1v) is 11.6. The van der Waals surface area contributed by atoms with Gasteiger partial charge in [0, 0.05) is 33.7 Å². The normalized spacial score (nSPS) is 11.5. The summed E-state index contributed by atoms with van der Waals surface area (Å²) in [4.78, 5) is 0. The lowest BCUT2D eigenvalue weighted by Crippen LogP contribution is -1.95. The molecule has 0 radical (unpaired) electrons. The molecule has 0 fully saturated rings. The first-order chi connectivity index (χ1) is 16.9. The van der Waals surface area contributed by atoms with Gasteiger partial charge in [0.05, 0.1) is 16.6 Å². The molecule has 0 aliphatic heterocycles. The molecule has 2 heteroatoms. The number of hydrogen-bond acceptors (Lipinski definition) is 0. The molecule has 0 unspecified atom stereocenters. The van der Waals surface area contributed by atoms with Crippen molar-refractivity contribution in [3.63, 3.8) is 0 Å². The van der Waals surface area contributed by atoms with E-state index in [2.05, 4.69) is 143 Å². The third-order valence-corrected chi connectivity index (χ3v) is 6.75. The molecule has 0 amide bonds. The van der Waals surface area contributed by atoms with E-state index in [1.165, 1.54) is 49.5 Å². The van der Waals surface area contributed by atoms with Crippen LogP contribution in [0.5, 0.6) is 0 Å². The lowest BCUT2D eigenvalue weighted by atomic mass is 10.1. The summed E-state index contributed by atoms with van der Waals surface area (Å²) >= 11 is 0. The van der Waals surface area contributed by atoms with Crippen LogP contribution in [-0.2, 0) is 0 Å². The number of rotatable bonds is 3. The molecule has 0 saturated carbocycles. The number of nitrogens with zero attached hydrogens (tertiary/aromatic N) is 2. The van der Waals surface area contributed by atoms with Gasteiger partial charge in [-0.25, -0.2) is 0 Å². The Hall–Kier alpha value is -4.56. The average Bonchev–Trinajstić information content (AvgIpc) is 3.49. The minimum atomic E-state index is 1.16. The number of fused-ring (bicyclic) bond motifs is 5. The zero-order valence-corrected chi connectivity index (χ0v) is 18.6. The summed E-state index contributed by atoms with van der Waals surface area (Å²) in [5.74, 6) is 0. The van der Waals surface area contributed by atoms with E-state index >= 15 is 0 Å². The van der Waals surface area contributed by atoms with E-state index in [4.69, 9.17) is 0 Å². The predicted octanol–water partition coefficient (Wildman–Crippen LogP) is 8.39. The number of para-hydroxylation sites is 2. The third kappa shape index (κ3) is 2.82. The van der Waals surface area contributed by atoms with Crippen molar-refractivity contribution < 1.29 is 0 Å². The molecular formula is C32H22N2. The minimum absolute atomic E-state index is 1.16. The monoisotopic (exact) mass is 434 g/mol. The Morgan fingerprint density at radius 2 is 1.12 bits per heavy atom. The summed E-state index contributed by atoms with van der Waals surface area (Å²) in [6.45, 7) is 0. The quantitative estimate of drug-likeness (QED) is 0.264. The van der Waals surface area contributed by atoms with Crippen LogP contribution in [0.15, 0.2) is 134 Å². The molecule has 7 rings (SSSR count). The van der Waals surface area contributed by atoms with Crippen molar-refractivity contribution in [3.8, 4) is 22.5 Å². The molecule has 2 aromatic heterocycles. The minimum Gasteiger partial charge on any atom is -0.316 e. The summed E-state index contributed by atoms with van der Waals surface area (Å²) in [6.07, 6.45) is 2.20. The summed E-state index contributed by atoms with van der Waals surface area (Å²) < 4.78 is 4.70. The topological polar surface area (TPSA) is 9.86 Å². The van der Waals surface area contributed by atoms with E-state index < -0.39 is 0 Å². The Labute approximate surface area is 197 Å². The molecule has 0 saturated heterocycles. The van der Waals surface area contributed by atoms with Crippen molar-refractivity contribution in [1.29, 1.82) is 0 Å². The zero-order chi connectivity index (χ0) is 22.5. The van der Waals surface area contributed by atoms with Gasteiger partial charge in [-0.15, -0.1) is 0 Å². The maximum atomic E-state index is 2.40. The Kier molecular flexibility index (Phi) is 4.18. The Morgan fingerprint density at radius 1 is 0.412 bits per heavy atom. The highest BCUT2D eigenvalue weighted by molar-refractivity contribution is 6.18. The van der Waals surface area contributed by atoms with Gasteiger partial charge < -0.3 is 9.13 Å². The summed E-state index contributed by atoms with van der Waals surface area (Å²) in [5.41, 5.74) is 8.49.